The number of amides is 1. The molecule has 6 nitrogen and oxygen atoms in total. The van der Waals surface area contributed by atoms with E-state index in [1.165, 1.54) is 0 Å². The molecule has 0 bridgehead atoms. The third-order valence-electron chi connectivity index (χ3n) is 3.20. The lowest BCUT2D eigenvalue weighted by molar-refractivity contribution is -0.127. The predicted molar refractivity (Wildman–Crippen MR) is 91.7 cm³/mol. The number of ether oxygens (including phenoxy) is 1. The molecule has 1 amide bonds. The Kier molecular flexibility index (Phi) is 7.57. The standard InChI is InChI=1S/C13H16Cl2N2O4S.ClH/c1-22(19,20)17-13(18)9-7-16-4-5-21-12(9)8-2-3-10(14)11(15)6-8;/h2-3,6,9,12,16H,4-5,7H2,1H3,(H,17,18);1H/t9-,12+;/m1./s1. The van der Waals surface area contributed by atoms with E-state index in [-0.39, 0.29) is 12.4 Å². The summed E-state index contributed by atoms with van der Waals surface area (Å²) in [5, 5.41) is 3.80. The van der Waals surface area contributed by atoms with E-state index in [4.69, 9.17) is 27.9 Å². The Morgan fingerprint density at radius 1 is 1.35 bits per heavy atom. The van der Waals surface area contributed by atoms with Crippen molar-refractivity contribution in [3.8, 4) is 0 Å². The molecule has 2 N–H and O–H groups in total. The number of halogens is 3. The molecule has 0 aliphatic carbocycles. The highest BCUT2D eigenvalue weighted by Crippen LogP contribution is 2.32. The first-order chi connectivity index (χ1) is 10.3. The maximum absolute atomic E-state index is 12.2. The van der Waals surface area contributed by atoms with Crippen LogP contribution in [0.1, 0.15) is 11.7 Å². The predicted octanol–water partition coefficient (Wildman–Crippen LogP) is 1.77. The van der Waals surface area contributed by atoms with Crippen LogP contribution in [0, 0.1) is 5.92 Å². The normalized spacial score (nSPS) is 21.9. The molecule has 0 saturated carbocycles. The second kappa shape index (κ2) is 8.50. The van der Waals surface area contributed by atoms with Crippen LogP contribution in [0.4, 0.5) is 0 Å². The van der Waals surface area contributed by atoms with Crippen LogP contribution in [0.3, 0.4) is 0 Å². The van der Waals surface area contributed by atoms with Gasteiger partial charge in [-0.25, -0.2) is 8.42 Å². The molecule has 2 rings (SSSR count). The van der Waals surface area contributed by atoms with Crippen molar-refractivity contribution in [3.63, 3.8) is 0 Å². The van der Waals surface area contributed by atoms with E-state index in [0.29, 0.717) is 35.3 Å². The Morgan fingerprint density at radius 3 is 2.65 bits per heavy atom. The Bertz CT molecular complexity index is 669. The van der Waals surface area contributed by atoms with Crippen LogP contribution in [-0.4, -0.2) is 40.3 Å². The molecule has 0 radical (unpaired) electrons. The molecular formula is C13H17Cl3N2O4S. The number of rotatable bonds is 3. The van der Waals surface area contributed by atoms with Crippen molar-refractivity contribution >= 4 is 51.5 Å². The molecule has 0 spiro atoms. The third kappa shape index (κ3) is 5.77. The van der Waals surface area contributed by atoms with E-state index < -0.39 is 28.0 Å². The molecule has 130 valence electrons. The molecule has 1 aliphatic rings. The number of sulfonamides is 1. The highest BCUT2D eigenvalue weighted by Gasteiger charge is 2.33. The van der Waals surface area contributed by atoms with Gasteiger partial charge in [-0.2, -0.15) is 0 Å². The molecule has 0 unspecified atom stereocenters. The lowest BCUT2D eigenvalue weighted by atomic mass is 9.95. The fourth-order valence-corrected chi connectivity index (χ4v) is 3.07. The first-order valence-corrected chi connectivity index (χ1v) is 9.21. The fraction of sp³-hybridized carbons (Fsp3) is 0.462. The van der Waals surface area contributed by atoms with Gasteiger partial charge in [0.2, 0.25) is 15.9 Å². The van der Waals surface area contributed by atoms with Crippen LogP contribution in [0.15, 0.2) is 18.2 Å². The van der Waals surface area contributed by atoms with E-state index in [0.717, 1.165) is 6.26 Å². The van der Waals surface area contributed by atoms with Crippen LogP contribution in [0.5, 0.6) is 0 Å². The number of hydrogen-bond donors (Lipinski definition) is 2. The van der Waals surface area contributed by atoms with Gasteiger partial charge in [0.05, 0.1) is 34.9 Å². The van der Waals surface area contributed by atoms with Gasteiger partial charge >= 0.3 is 0 Å². The number of nitrogens with one attached hydrogen (secondary N) is 2. The van der Waals surface area contributed by atoms with Crippen molar-refractivity contribution in [2.75, 3.05) is 26.0 Å². The maximum atomic E-state index is 12.2. The van der Waals surface area contributed by atoms with Crippen LogP contribution < -0.4 is 10.0 Å². The molecule has 10 heteroatoms. The zero-order chi connectivity index (χ0) is 16.3. The number of benzene rings is 1. The molecule has 1 saturated heterocycles. The fourth-order valence-electron chi connectivity index (χ4n) is 2.25. The summed E-state index contributed by atoms with van der Waals surface area (Å²) in [5.74, 6) is -1.32. The van der Waals surface area contributed by atoms with Crippen LogP contribution in [0.2, 0.25) is 10.0 Å². The molecule has 2 atom stereocenters. The molecule has 1 heterocycles. The Morgan fingerprint density at radius 2 is 2.04 bits per heavy atom. The molecule has 1 aliphatic heterocycles. The van der Waals surface area contributed by atoms with Gasteiger partial charge in [0.1, 0.15) is 0 Å². The van der Waals surface area contributed by atoms with E-state index in [1.807, 2.05) is 4.72 Å². The molecule has 1 aromatic rings. The van der Waals surface area contributed by atoms with Gasteiger partial charge in [-0.15, -0.1) is 12.4 Å². The monoisotopic (exact) mass is 402 g/mol. The quantitative estimate of drug-likeness (QED) is 0.803. The molecule has 1 aromatic carbocycles. The van der Waals surface area contributed by atoms with Crippen molar-refractivity contribution in [2.24, 2.45) is 5.92 Å². The minimum absolute atomic E-state index is 0. The lowest BCUT2D eigenvalue weighted by Crippen LogP contribution is -2.41. The van der Waals surface area contributed by atoms with Crippen LogP contribution >= 0.6 is 35.6 Å². The van der Waals surface area contributed by atoms with E-state index >= 15 is 0 Å². The first-order valence-electron chi connectivity index (χ1n) is 6.57. The minimum atomic E-state index is -3.64. The summed E-state index contributed by atoms with van der Waals surface area (Å²) in [4.78, 5) is 12.2. The number of carbonyl (C=O) groups excluding carboxylic acids is 1. The number of hydrogen-bond acceptors (Lipinski definition) is 5. The summed E-state index contributed by atoms with van der Waals surface area (Å²) in [6, 6.07) is 4.96. The first kappa shape index (κ1) is 20.5. The Balaban J connectivity index is 0.00000264. The summed E-state index contributed by atoms with van der Waals surface area (Å²) in [6.07, 6.45) is 0.329. The van der Waals surface area contributed by atoms with E-state index in [9.17, 15) is 13.2 Å². The lowest BCUT2D eigenvalue weighted by Gasteiger charge is -2.24. The van der Waals surface area contributed by atoms with Gasteiger partial charge in [0.25, 0.3) is 0 Å². The second-order valence-electron chi connectivity index (χ2n) is 5.01. The molecular weight excluding hydrogens is 387 g/mol. The molecule has 23 heavy (non-hydrogen) atoms. The van der Waals surface area contributed by atoms with Gasteiger partial charge in [0.15, 0.2) is 0 Å². The summed E-state index contributed by atoms with van der Waals surface area (Å²) in [7, 11) is -3.64. The highest BCUT2D eigenvalue weighted by atomic mass is 35.5. The van der Waals surface area contributed by atoms with Gasteiger partial charge in [-0.1, -0.05) is 29.3 Å². The topological polar surface area (TPSA) is 84.5 Å². The van der Waals surface area contributed by atoms with Gasteiger partial charge in [-0.3, -0.25) is 9.52 Å². The largest absolute Gasteiger partial charge is 0.371 e. The van der Waals surface area contributed by atoms with Crippen molar-refractivity contribution in [1.29, 1.82) is 0 Å². The van der Waals surface area contributed by atoms with E-state index in [2.05, 4.69) is 5.32 Å². The summed E-state index contributed by atoms with van der Waals surface area (Å²) >= 11 is 11.9. The number of carbonyl (C=O) groups is 1. The van der Waals surface area contributed by atoms with Gasteiger partial charge in [-0.05, 0) is 17.7 Å². The van der Waals surface area contributed by atoms with E-state index in [1.54, 1.807) is 18.2 Å². The zero-order valence-corrected chi connectivity index (χ0v) is 15.4. The molecule has 1 fully saturated rings. The minimum Gasteiger partial charge on any atom is -0.371 e. The van der Waals surface area contributed by atoms with Gasteiger partial charge < -0.3 is 10.1 Å². The van der Waals surface area contributed by atoms with Gasteiger partial charge in [0, 0.05) is 13.1 Å². The maximum Gasteiger partial charge on any atom is 0.240 e. The molecule has 0 aromatic heterocycles. The zero-order valence-electron chi connectivity index (χ0n) is 12.2. The average Bonchev–Trinajstić information content (AvgIpc) is 2.65. The van der Waals surface area contributed by atoms with Crippen molar-refractivity contribution in [1.82, 2.24) is 10.0 Å². The third-order valence-corrected chi connectivity index (χ3v) is 4.51. The highest BCUT2D eigenvalue weighted by molar-refractivity contribution is 7.89. The van der Waals surface area contributed by atoms with Crippen LogP contribution in [0.25, 0.3) is 0 Å². The van der Waals surface area contributed by atoms with Crippen molar-refractivity contribution < 1.29 is 17.9 Å². The van der Waals surface area contributed by atoms with Crippen molar-refractivity contribution in [3.05, 3.63) is 33.8 Å². The Labute approximate surface area is 151 Å². The second-order valence-corrected chi connectivity index (χ2v) is 7.58. The SMILES string of the molecule is CS(=O)(=O)NC(=O)[C@@H]1CNCCO[C@H]1c1ccc(Cl)c(Cl)c1.Cl. The average molecular weight is 404 g/mol. The summed E-state index contributed by atoms with van der Waals surface area (Å²) < 4.78 is 30.3. The Hall–Kier alpha value is -0.570. The smallest absolute Gasteiger partial charge is 0.240 e. The summed E-state index contributed by atoms with van der Waals surface area (Å²) in [5.41, 5.74) is 0.673. The van der Waals surface area contributed by atoms with Crippen molar-refractivity contribution in [2.45, 2.75) is 6.10 Å². The van der Waals surface area contributed by atoms with Crippen LogP contribution in [-0.2, 0) is 19.6 Å². The summed E-state index contributed by atoms with van der Waals surface area (Å²) in [6.45, 7) is 1.26.